The zero-order chi connectivity index (χ0) is 14.6. The molecule has 0 atom stereocenters. The molecule has 0 amide bonds. The summed E-state index contributed by atoms with van der Waals surface area (Å²) >= 11 is 0. The van der Waals surface area contributed by atoms with Crippen LogP contribution < -0.4 is 0 Å². The molecule has 0 unspecified atom stereocenters. The van der Waals surface area contributed by atoms with Gasteiger partial charge in [-0.25, -0.2) is 4.98 Å². The number of carbonyl (C=O) groups is 1. The largest absolute Gasteiger partial charge is 0.361 e. The lowest BCUT2D eigenvalue weighted by Crippen LogP contribution is -1.88. The summed E-state index contributed by atoms with van der Waals surface area (Å²) in [5.41, 5.74) is 4.96. The fraction of sp³-hybridized carbons (Fsp3) is 0.312. The fourth-order valence-corrected chi connectivity index (χ4v) is 2.84. The van der Waals surface area contributed by atoms with E-state index < -0.39 is 0 Å². The van der Waals surface area contributed by atoms with Gasteiger partial charge in [-0.05, 0) is 44.4 Å². The van der Waals surface area contributed by atoms with Gasteiger partial charge < -0.3 is 9.51 Å². The smallest absolute Gasteiger partial charge is 0.152 e. The Balaban J connectivity index is 1.96. The number of hydrogen-bond donors (Lipinski definition) is 1. The number of fused-ring (bicyclic) bond motifs is 1. The van der Waals surface area contributed by atoms with Crippen molar-refractivity contribution in [3.05, 3.63) is 35.0 Å². The predicted octanol–water partition coefficient (Wildman–Crippen LogP) is 3.52. The van der Waals surface area contributed by atoms with Gasteiger partial charge in [-0.2, -0.15) is 0 Å². The Morgan fingerprint density at radius 1 is 1.33 bits per heavy atom. The van der Waals surface area contributed by atoms with Crippen LogP contribution in [0.1, 0.15) is 46.4 Å². The van der Waals surface area contributed by atoms with Crippen LogP contribution in [-0.4, -0.2) is 21.4 Å². The maximum atomic E-state index is 11.4. The Labute approximate surface area is 121 Å². The summed E-state index contributed by atoms with van der Waals surface area (Å²) < 4.78 is 5.22. The van der Waals surface area contributed by atoms with E-state index in [2.05, 4.69) is 15.1 Å². The van der Waals surface area contributed by atoms with Crippen molar-refractivity contribution >= 4 is 17.3 Å². The van der Waals surface area contributed by atoms with Crippen molar-refractivity contribution in [3.8, 4) is 11.1 Å². The zero-order valence-electron chi connectivity index (χ0n) is 11.9. The highest BCUT2D eigenvalue weighted by Gasteiger charge is 2.27. The number of nitrogens with one attached hydrogen (secondary N) is 1. The summed E-state index contributed by atoms with van der Waals surface area (Å²) in [5.74, 6) is 2.27. The summed E-state index contributed by atoms with van der Waals surface area (Å²) in [6.07, 6.45) is 3.21. The standard InChI is InChI=1S/C16H15N3O2/c1-8-14(9(2)21-19-8)11-5-12(7-20)15-13(6-11)17-16(18-15)10-3-4-10/h5-7,10H,3-4H2,1-2H3,(H,17,18). The Kier molecular flexibility index (Phi) is 2.51. The van der Waals surface area contributed by atoms with Crippen LogP contribution in [0, 0.1) is 13.8 Å². The average molecular weight is 281 g/mol. The molecule has 1 aliphatic carbocycles. The van der Waals surface area contributed by atoms with E-state index in [-0.39, 0.29) is 0 Å². The molecule has 3 aromatic rings. The van der Waals surface area contributed by atoms with Gasteiger partial charge in [0.1, 0.15) is 11.6 Å². The summed E-state index contributed by atoms with van der Waals surface area (Å²) in [5, 5.41) is 3.98. The molecule has 1 aromatic carbocycles. The Morgan fingerprint density at radius 2 is 2.14 bits per heavy atom. The van der Waals surface area contributed by atoms with Gasteiger partial charge in [0.2, 0.25) is 0 Å². The molecule has 4 rings (SSSR count). The minimum Gasteiger partial charge on any atom is -0.361 e. The van der Waals surface area contributed by atoms with Crippen LogP contribution in [-0.2, 0) is 0 Å². The summed E-state index contributed by atoms with van der Waals surface area (Å²) in [6, 6.07) is 3.88. The van der Waals surface area contributed by atoms with Crippen LogP contribution in [0.3, 0.4) is 0 Å². The second-order valence-electron chi connectivity index (χ2n) is 5.67. The summed E-state index contributed by atoms with van der Waals surface area (Å²) in [6.45, 7) is 3.78. The topological polar surface area (TPSA) is 71.8 Å². The number of nitrogens with zero attached hydrogens (tertiary/aromatic N) is 2. The van der Waals surface area contributed by atoms with Crippen LogP contribution in [0.4, 0.5) is 0 Å². The number of imidazole rings is 1. The lowest BCUT2D eigenvalue weighted by atomic mass is 10.0. The van der Waals surface area contributed by atoms with Gasteiger partial charge in [-0.3, -0.25) is 4.79 Å². The molecule has 1 N–H and O–H groups in total. The number of carbonyl (C=O) groups excluding carboxylic acids is 1. The third kappa shape index (κ3) is 1.88. The van der Waals surface area contributed by atoms with Gasteiger partial charge in [0.15, 0.2) is 6.29 Å². The lowest BCUT2D eigenvalue weighted by molar-refractivity contribution is 0.112. The summed E-state index contributed by atoms with van der Waals surface area (Å²) in [7, 11) is 0. The number of aromatic nitrogens is 3. The van der Waals surface area contributed by atoms with Crippen molar-refractivity contribution in [3.63, 3.8) is 0 Å². The van der Waals surface area contributed by atoms with E-state index in [0.29, 0.717) is 11.5 Å². The quantitative estimate of drug-likeness (QED) is 0.745. The Morgan fingerprint density at radius 3 is 2.76 bits per heavy atom. The van der Waals surface area contributed by atoms with Crippen LogP contribution >= 0.6 is 0 Å². The number of hydrogen-bond acceptors (Lipinski definition) is 4. The maximum absolute atomic E-state index is 11.4. The second-order valence-corrected chi connectivity index (χ2v) is 5.67. The summed E-state index contributed by atoms with van der Waals surface area (Å²) in [4.78, 5) is 19.4. The molecule has 106 valence electrons. The van der Waals surface area contributed by atoms with Crippen molar-refractivity contribution in [1.82, 2.24) is 15.1 Å². The molecular weight excluding hydrogens is 266 g/mol. The van der Waals surface area contributed by atoms with Crippen molar-refractivity contribution in [1.29, 1.82) is 0 Å². The molecule has 2 aromatic heterocycles. The first-order valence-corrected chi connectivity index (χ1v) is 7.09. The molecule has 0 aliphatic heterocycles. The van der Waals surface area contributed by atoms with Crippen molar-refractivity contribution in [2.45, 2.75) is 32.6 Å². The number of aryl methyl sites for hydroxylation is 2. The van der Waals surface area contributed by atoms with Crippen LogP contribution in [0.2, 0.25) is 0 Å². The SMILES string of the molecule is Cc1noc(C)c1-c1cc(C=O)c2nc(C3CC3)[nH]c2c1. The van der Waals surface area contributed by atoms with Gasteiger partial charge in [0, 0.05) is 17.0 Å². The van der Waals surface area contributed by atoms with Gasteiger partial charge in [0.05, 0.1) is 16.7 Å². The monoisotopic (exact) mass is 281 g/mol. The molecule has 0 radical (unpaired) electrons. The van der Waals surface area contributed by atoms with E-state index in [4.69, 9.17) is 4.52 Å². The number of aldehydes is 1. The van der Waals surface area contributed by atoms with E-state index in [0.717, 1.165) is 45.7 Å². The Hall–Kier alpha value is -2.43. The number of aromatic amines is 1. The molecule has 0 spiro atoms. The van der Waals surface area contributed by atoms with Crippen molar-refractivity contribution in [2.24, 2.45) is 0 Å². The number of rotatable bonds is 3. The van der Waals surface area contributed by atoms with E-state index >= 15 is 0 Å². The highest BCUT2D eigenvalue weighted by atomic mass is 16.5. The van der Waals surface area contributed by atoms with Crippen molar-refractivity contribution < 1.29 is 9.32 Å². The highest BCUT2D eigenvalue weighted by molar-refractivity contribution is 5.97. The Bertz CT molecular complexity index is 836. The first-order chi connectivity index (χ1) is 10.2. The van der Waals surface area contributed by atoms with Gasteiger partial charge in [-0.15, -0.1) is 0 Å². The van der Waals surface area contributed by atoms with Crippen LogP contribution in [0.25, 0.3) is 22.2 Å². The normalized spacial score (nSPS) is 14.8. The van der Waals surface area contributed by atoms with Gasteiger partial charge in [0.25, 0.3) is 0 Å². The van der Waals surface area contributed by atoms with Crippen molar-refractivity contribution in [2.75, 3.05) is 0 Å². The van der Waals surface area contributed by atoms with E-state index in [1.165, 1.54) is 12.8 Å². The van der Waals surface area contributed by atoms with Gasteiger partial charge in [-0.1, -0.05) is 5.16 Å². The number of benzene rings is 1. The first-order valence-electron chi connectivity index (χ1n) is 7.09. The number of H-pyrrole nitrogens is 1. The molecule has 0 saturated heterocycles. The lowest BCUT2D eigenvalue weighted by Gasteiger charge is -2.02. The molecule has 1 fully saturated rings. The first kappa shape index (κ1) is 12.3. The molecule has 1 saturated carbocycles. The average Bonchev–Trinajstić information content (AvgIpc) is 3.15. The van der Waals surface area contributed by atoms with E-state index in [1.807, 2.05) is 26.0 Å². The highest BCUT2D eigenvalue weighted by Crippen LogP contribution is 2.40. The van der Waals surface area contributed by atoms with Gasteiger partial charge >= 0.3 is 0 Å². The predicted molar refractivity (Wildman–Crippen MR) is 78.4 cm³/mol. The van der Waals surface area contributed by atoms with E-state index in [1.54, 1.807) is 0 Å². The molecular formula is C16H15N3O2. The third-order valence-corrected chi connectivity index (χ3v) is 4.05. The maximum Gasteiger partial charge on any atom is 0.152 e. The zero-order valence-corrected chi connectivity index (χ0v) is 11.9. The minimum absolute atomic E-state index is 0.527. The molecule has 21 heavy (non-hydrogen) atoms. The molecule has 0 bridgehead atoms. The minimum atomic E-state index is 0.527. The third-order valence-electron chi connectivity index (χ3n) is 4.05. The molecule has 5 heteroatoms. The fourth-order valence-electron chi connectivity index (χ4n) is 2.84. The molecule has 2 heterocycles. The van der Waals surface area contributed by atoms with Crippen LogP contribution in [0.15, 0.2) is 16.7 Å². The van der Waals surface area contributed by atoms with Crippen LogP contribution in [0.5, 0.6) is 0 Å². The molecule has 5 nitrogen and oxygen atoms in total. The van der Waals surface area contributed by atoms with E-state index in [9.17, 15) is 4.79 Å². The molecule has 1 aliphatic rings. The second kappa shape index (κ2) is 4.28.